The Balaban J connectivity index is 1.98. The van der Waals surface area contributed by atoms with Gasteiger partial charge in [-0.1, -0.05) is 15.9 Å². The van der Waals surface area contributed by atoms with Crippen LogP contribution in [0, 0.1) is 17.2 Å². The maximum absolute atomic E-state index is 12.2. The first-order chi connectivity index (χ1) is 9.63. The van der Waals surface area contributed by atoms with Gasteiger partial charge in [0, 0.05) is 36.3 Å². The van der Waals surface area contributed by atoms with E-state index >= 15 is 0 Å². The molecule has 1 aromatic heterocycles. The first-order valence-corrected chi connectivity index (χ1v) is 8.67. The fourth-order valence-corrected chi connectivity index (χ4v) is 4.74. The topological polar surface area (TPSA) is 47.3 Å². The van der Waals surface area contributed by atoms with Crippen LogP contribution in [0.5, 0.6) is 0 Å². The highest BCUT2D eigenvalue weighted by Gasteiger charge is 2.34. The third-order valence-electron chi connectivity index (χ3n) is 4.01. The van der Waals surface area contributed by atoms with Crippen LogP contribution in [0.2, 0.25) is 0 Å². The van der Waals surface area contributed by atoms with Crippen LogP contribution < -0.4 is 4.90 Å². The fourth-order valence-electron chi connectivity index (χ4n) is 2.90. The second kappa shape index (κ2) is 5.47. The van der Waals surface area contributed by atoms with Gasteiger partial charge in [-0.3, -0.25) is 4.79 Å². The molecule has 6 heteroatoms. The van der Waals surface area contributed by atoms with E-state index in [9.17, 15) is 10.1 Å². The van der Waals surface area contributed by atoms with Gasteiger partial charge in [-0.05, 0) is 24.9 Å². The average Bonchev–Trinajstić information content (AvgIpc) is 2.97. The second-order valence-corrected chi connectivity index (χ2v) is 7.24. The zero-order valence-corrected chi connectivity index (χ0v) is 13.8. The van der Waals surface area contributed by atoms with Crippen LogP contribution in [-0.4, -0.2) is 36.3 Å². The monoisotopic (exact) mass is 353 g/mol. The van der Waals surface area contributed by atoms with Crippen molar-refractivity contribution in [3.63, 3.8) is 0 Å². The number of hydrogen-bond acceptors (Lipinski definition) is 4. The summed E-state index contributed by atoms with van der Waals surface area (Å²) >= 11 is 5.09. The maximum atomic E-state index is 12.2. The highest BCUT2D eigenvalue weighted by Crippen LogP contribution is 2.40. The Morgan fingerprint density at radius 1 is 1.55 bits per heavy atom. The molecule has 0 aliphatic carbocycles. The molecule has 1 fully saturated rings. The minimum Gasteiger partial charge on any atom is -0.302 e. The van der Waals surface area contributed by atoms with E-state index in [1.54, 1.807) is 11.3 Å². The largest absolute Gasteiger partial charge is 0.302 e. The minimum atomic E-state index is 0.151. The van der Waals surface area contributed by atoms with E-state index in [2.05, 4.69) is 33.9 Å². The highest BCUT2D eigenvalue weighted by atomic mass is 79.9. The molecule has 0 spiro atoms. The molecular weight excluding hydrogens is 338 g/mol. The van der Waals surface area contributed by atoms with Gasteiger partial charge in [-0.15, -0.1) is 11.3 Å². The van der Waals surface area contributed by atoms with Gasteiger partial charge < -0.3 is 9.80 Å². The lowest BCUT2D eigenvalue weighted by Gasteiger charge is -2.21. The summed E-state index contributed by atoms with van der Waals surface area (Å²) in [6.45, 7) is 2.60. The predicted octanol–water partition coefficient (Wildman–Crippen LogP) is 2.36. The molecule has 1 amide bonds. The third kappa shape index (κ3) is 2.28. The quantitative estimate of drug-likeness (QED) is 0.766. The molecule has 3 rings (SSSR count). The number of alkyl halides is 1. The van der Waals surface area contributed by atoms with Crippen molar-refractivity contribution in [1.82, 2.24) is 4.90 Å². The van der Waals surface area contributed by atoms with Crippen molar-refractivity contribution in [1.29, 1.82) is 5.26 Å². The van der Waals surface area contributed by atoms with E-state index < -0.39 is 0 Å². The van der Waals surface area contributed by atoms with Gasteiger partial charge in [0.1, 0.15) is 11.1 Å². The van der Waals surface area contributed by atoms with Crippen LogP contribution in [0.4, 0.5) is 5.00 Å². The number of halogens is 1. The number of carbonyl (C=O) groups is 1. The van der Waals surface area contributed by atoms with Crippen LogP contribution in [0.1, 0.15) is 22.4 Å². The van der Waals surface area contributed by atoms with E-state index in [1.165, 1.54) is 10.4 Å². The Bertz CT molecular complexity index is 592. The zero-order valence-electron chi connectivity index (χ0n) is 11.4. The van der Waals surface area contributed by atoms with Gasteiger partial charge in [0.15, 0.2) is 0 Å². The molecule has 0 aromatic carbocycles. The SMILES string of the molecule is CN1CCc2c(sc(N3CC(CBr)CC3=O)c2C#N)C1. The first kappa shape index (κ1) is 14.1. The summed E-state index contributed by atoms with van der Waals surface area (Å²) in [5.74, 6) is 0.508. The second-order valence-electron chi connectivity index (χ2n) is 5.51. The number of hydrogen-bond donors (Lipinski definition) is 0. The van der Waals surface area contributed by atoms with Crippen molar-refractivity contribution in [2.24, 2.45) is 5.92 Å². The summed E-state index contributed by atoms with van der Waals surface area (Å²) in [6.07, 6.45) is 1.49. The van der Waals surface area contributed by atoms with Crippen molar-refractivity contribution in [3.8, 4) is 6.07 Å². The Labute approximate surface area is 131 Å². The summed E-state index contributed by atoms with van der Waals surface area (Å²) in [5.41, 5.74) is 1.90. The Kier molecular flexibility index (Phi) is 3.85. The lowest BCUT2D eigenvalue weighted by atomic mass is 10.0. The van der Waals surface area contributed by atoms with Gasteiger partial charge in [-0.25, -0.2) is 0 Å². The van der Waals surface area contributed by atoms with Crippen molar-refractivity contribution in [3.05, 3.63) is 16.0 Å². The van der Waals surface area contributed by atoms with E-state index in [4.69, 9.17) is 0 Å². The van der Waals surface area contributed by atoms with Gasteiger partial charge in [0.05, 0.1) is 5.56 Å². The van der Waals surface area contributed by atoms with E-state index in [0.717, 1.165) is 41.9 Å². The molecule has 0 N–H and O–H groups in total. The molecule has 1 saturated heterocycles. The molecule has 1 aromatic rings. The van der Waals surface area contributed by atoms with Crippen molar-refractivity contribution in [2.75, 3.05) is 30.4 Å². The number of anilines is 1. The lowest BCUT2D eigenvalue weighted by molar-refractivity contribution is -0.117. The summed E-state index contributed by atoms with van der Waals surface area (Å²) in [6, 6.07) is 2.34. The Hall–Kier alpha value is -0.900. The van der Waals surface area contributed by atoms with Crippen molar-refractivity contribution < 1.29 is 4.79 Å². The number of carbonyl (C=O) groups excluding carboxylic acids is 1. The average molecular weight is 354 g/mol. The van der Waals surface area contributed by atoms with Crippen LogP contribution in [0.15, 0.2) is 0 Å². The molecule has 0 saturated carbocycles. The molecule has 0 radical (unpaired) electrons. The maximum Gasteiger partial charge on any atom is 0.228 e. The van der Waals surface area contributed by atoms with Gasteiger partial charge in [0.25, 0.3) is 0 Å². The van der Waals surface area contributed by atoms with E-state index in [0.29, 0.717) is 12.3 Å². The molecule has 1 atom stereocenters. The molecule has 2 aliphatic rings. The molecule has 0 bridgehead atoms. The van der Waals surface area contributed by atoms with Crippen LogP contribution >= 0.6 is 27.3 Å². The number of nitriles is 1. The van der Waals surface area contributed by atoms with Crippen LogP contribution in [-0.2, 0) is 17.8 Å². The number of nitrogens with zero attached hydrogens (tertiary/aromatic N) is 3. The standard InChI is InChI=1S/C14H16BrN3OS/c1-17-3-2-10-11(6-16)14(20-12(10)8-17)18-7-9(5-15)4-13(18)19/h9H,2-5,7-8H2,1H3. The molecule has 1 unspecified atom stereocenters. The van der Waals surface area contributed by atoms with Gasteiger partial charge >= 0.3 is 0 Å². The van der Waals surface area contributed by atoms with Crippen molar-refractivity contribution >= 4 is 38.2 Å². The van der Waals surface area contributed by atoms with Gasteiger partial charge in [-0.2, -0.15) is 5.26 Å². The minimum absolute atomic E-state index is 0.151. The van der Waals surface area contributed by atoms with Crippen molar-refractivity contribution in [2.45, 2.75) is 19.4 Å². The highest BCUT2D eigenvalue weighted by molar-refractivity contribution is 9.09. The summed E-state index contributed by atoms with van der Waals surface area (Å²) < 4.78 is 0. The van der Waals surface area contributed by atoms with E-state index in [-0.39, 0.29) is 5.91 Å². The Morgan fingerprint density at radius 3 is 3.00 bits per heavy atom. The van der Waals surface area contributed by atoms with Crippen LogP contribution in [0.25, 0.3) is 0 Å². The number of thiophene rings is 1. The first-order valence-electron chi connectivity index (χ1n) is 6.73. The summed E-state index contributed by atoms with van der Waals surface area (Å²) in [5, 5.41) is 11.2. The molecule has 20 heavy (non-hydrogen) atoms. The predicted molar refractivity (Wildman–Crippen MR) is 83.3 cm³/mol. The lowest BCUT2D eigenvalue weighted by Crippen LogP contribution is -2.26. The molecular formula is C14H16BrN3OS. The number of amides is 1. The molecule has 4 nitrogen and oxygen atoms in total. The summed E-state index contributed by atoms with van der Waals surface area (Å²) in [4.78, 5) is 17.5. The summed E-state index contributed by atoms with van der Waals surface area (Å²) in [7, 11) is 2.09. The van der Waals surface area contributed by atoms with E-state index in [1.807, 2.05) is 4.90 Å². The van der Waals surface area contributed by atoms with Gasteiger partial charge in [0.2, 0.25) is 5.91 Å². The smallest absolute Gasteiger partial charge is 0.228 e. The zero-order chi connectivity index (χ0) is 14.3. The fraction of sp³-hybridized carbons (Fsp3) is 0.571. The third-order valence-corrected chi connectivity index (χ3v) is 6.16. The Morgan fingerprint density at radius 2 is 2.35 bits per heavy atom. The molecule has 106 valence electrons. The number of fused-ring (bicyclic) bond motifs is 1. The number of likely N-dealkylation sites (N-methyl/N-ethyl adjacent to an activating group) is 1. The normalized spacial score (nSPS) is 22.9. The molecule has 2 aliphatic heterocycles. The van der Waals surface area contributed by atoms with Crippen LogP contribution in [0.3, 0.4) is 0 Å². The molecule has 3 heterocycles. The number of rotatable bonds is 2.